The molecule has 33 heavy (non-hydrogen) atoms. The van der Waals surface area contributed by atoms with Gasteiger partial charge in [-0.3, -0.25) is 0 Å². The average molecular weight is 569 g/mol. The quantitative estimate of drug-likeness (QED) is 0.222. The van der Waals surface area contributed by atoms with Crippen molar-refractivity contribution in [2.24, 2.45) is 0 Å². The summed E-state index contributed by atoms with van der Waals surface area (Å²) in [5.74, 6) is -7.32. The molecule has 2 aromatic heterocycles. The zero-order chi connectivity index (χ0) is 21.1. The molecule has 0 amide bonds. The van der Waals surface area contributed by atoms with Crippen molar-refractivity contribution in [3.63, 3.8) is 0 Å². The van der Waals surface area contributed by atoms with E-state index < -0.39 is 46.1 Å². The number of aromatic amines is 2. The number of benzene rings is 1. The summed E-state index contributed by atoms with van der Waals surface area (Å²) in [6.45, 7) is 0. The van der Waals surface area contributed by atoms with Gasteiger partial charge in [0.25, 0.3) is 0 Å². The molecule has 0 atom stereocenters. The van der Waals surface area contributed by atoms with Gasteiger partial charge in [-0.15, -0.1) is 0 Å². The molecule has 10 N–H and O–H groups in total. The minimum atomic E-state index is -1.93. The van der Waals surface area contributed by atoms with E-state index in [0.717, 1.165) is 0 Å². The number of nitrogens with one attached hydrogen (secondary N) is 2. The number of nitrogens with zero attached hydrogens (tertiary/aromatic N) is 2. The van der Waals surface area contributed by atoms with Crippen molar-refractivity contribution in [1.82, 2.24) is 19.9 Å². The van der Waals surface area contributed by atoms with Gasteiger partial charge < -0.3 is 56.4 Å². The van der Waals surface area contributed by atoms with Crippen molar-refractivity contribution in [3.05, 3.63) is 71.8 Å². The molecule has 0 unspecified atom stereocenters. The van der Waals surface area contributed by atoms with E-state index in [1.54, 1.807) is 37.4 Å². The van der Waals surface area contributed by atoms with E-state index in [2.05, 4.69) is 19.9 Å². The Morgan fingerprint density at radius 3 is 1.09 bits per heavy atom. The van der Waals surface area contributed by atoms with Crippen molar-refractivity contribution in [2.75, 3.05) is 0 Å². The van der Waals surface area contributed by atoms with Crippen molar-refractivity contribution in [2.45, 2.75) is 0 Å². The molecular formula is C16H18Cu2N4O11-2. The van der Waals surface area contributed by atoms with Crippen LogP contribution in [0.3, 0.4) is 0 Å². The Bertz CT molecular complexity index is 793. The first-order valence-electron chi connectivity index (χ1n) is 7.18. The molecule has 1 aromatic carbocycles. The molecule has 0 spiro atoms. The molecule has 0 fully saturated rings. The van der Waals surface area contributed by atoms with Gasteiger partial charge >= 0.3 is 11.9 Å². The van der Waals surface area contributed by atoms with Crippen molar-refractivity contribution >= 4 is 23.9 Å². The Labute approximate surface area is 205 Å². The van der Waals surface area contributed by atoms with Gasteiger partial charge in [0.05, 0.1) is 35.7 Å². The zero-order valence-electron chi connectivity index (χ0n) is 16.0. The molecule has 2 heterocycles. The minimum Gasteiger partial charge on any atom is -0.545 e. The third kappa shape index (κ3) is 13.5. The SMILES string of the molecule is O.O.O.O=C([O-])c1cc(C(=O)O)c(C(=O)[O-])cc1C(=O)O.[Cu].[Cu].c1c[nH]cn1.c1c[nH]cn1. The van der Waals surface area contributed by atoms with E-state index >= 15 is 0 Å². The number of H-pyrrole nitrogens is 2. The van der Waals surface area contributed by atoms with Crippen molar-refractivity contribution in [1.29, 1.82) is 0 Å². The van der Waals surface area contributed by atoms with Gasteiger partial charge in [0.2, 0.25) is 0 Å². The Kier molecular flexibility index (Phi) is 24.6. The standard InChI is InChI=1S/C10H6O8.2C3H4N2.2Cu.3H2O/c11-7(12)3-1-4(8(13)14)6(10(17)18)2-5(3)9(15)16;2*1-2-5-3-4-1;;;;;/h1-2H,(H,11,12)(H,13,14)(H,15,16)(H,17,18);2*1-3H,(H,4,5);;;3*1H2/p-2. The fourth-order valence-electron chi connectivity index (χ4n) is 1.72. The number of aromatic carboxylic acids is 4. The topological polar surface area (TPSA) is 307 Å². The normalized spacial score (nSPS) is 7.76. The number of carbonyl (C=O) groups is 4. The van der Waals surface area contributed by atoms with Crippen LogP contribution in [0.25, 0.3) is 0 Å². The second-order valence-electron chi connectivity index (χ2n) is 4.65. The number of rotatable bonds is 4. The van der Waals surface area contributed by atoms with Crippen LogP contribution >= 0.6 is 0 Å². The van der Waals surface area contributed by atoms with Gasteiger partial charge in [0.15, 0.2) is 0 Å². The molecule has 0 saturated carbocycles. The minimum absolute atomic E-state index is 0. The van der Waals surface area contributed by atoms with Crippen LogP contribution in [-0.2, 0) is 34.1 Å². The fourth-order valence-corrected chi connectivity index (χ4v) is 1.72. The van der Waals surface area contributed by atoms with Crippen LogP contribution in [-0.4, -0.2) is 70.5 Å². The summed E-state index contributed by atoms with van der Waals surface area (Å²) in [6.07, 6.45) is 10.2. The Morgan fingerprint density at radius 2 is 0.970 bits per heavy atom. The summed E-state index contributed by atoms with van der Waals surface area (Å²) >= 11 is 0. The predicted molar refractivity (Wildman–Crippen MR) is 97.0 cm³/mol. The second kappa shape index (κ2) is 20.3. The number of hydrogen-bond acceptors (Lipinski definition) is 8. The van der Waals surface area contributed by atoms with Crippen LogP contribution in [0.4, 0.5) is 0 Å². The smallest absolute Gasteiger partial charge is 0.336 e. The number of carboxylic acids is 4. The molecule has 2 radical (unpaired) electrons. The fraction of sp³-hybridized carbons (Fsp3) is 0. The monoisotopic (exact) mass is 568 g/mol. The van der Waals surface area contributed by atoms with E-state index in [-0.39, 0.29) is 50.6 Å². The molecule has 0 aliphatic rings. The zero-order valence-corrected chi connectivity index (χ0v) is 17.8. The maximum atomic E-state index is 10.7. The van der Waals surface area contributed by atoms with Crippen LogP contribution in [0, 0.1) is 0 Å². The first-order valence-corrected chi connectivity index (χ1v) is 7.18. The van der Waals surface area contributed by atoms with Gasteiger partial charge in [0, 0.05) is 70.1 Å². The van der Waals surface area contributed by atoms with Gasteiger partial charge in [-0.25, -0.2) is 19.6 Å². The molecular weight excluding hydrogens is 551 g/mol. The molecule has 0 aliphatic carbocycles. The first kappa shape index (κ1) is 39.9. The maximum Gasteiger partial charge on any atom is 0.336 e. The largest absolute Gasteiger partial charge is 0.545 e. The van der Waals surface area contributed by atoms with Gasteiger partial charge in [-0.05, 0) is 12.1 Å². The summed E-state index contributed by atoms with van der Waals surface area (Å²) in [6, 6.07) is 0.818. The van der Waals surface area contributed by atoms with Gasteiger partial charge in [-0.2, -0.15) is 0 Å². The van der Waals surface area contributed by atoms with Crippen molar-refractivity contribution < 1.29 is 90.2 Å². The third-order valence-corrected chi connectivity index (χ3v) is 2.87. The maximum absolute atomic E-state index is 10.7. The molecule has 15 nitrogen and oxygen atoms in total. The number of carbonyl (C=O) groups excluding carboxylic acids is 2. The average Bonchev–Trinajstić information content (AvgIpc) is 3.37. The third-order valence-electron chi connectivity index (χ3n) is 2.87. The summed E-state index contributed by atoms with van der Waals surface area (Å²) in [7, 11) is 0. The summed E-state index contributed by atoms with van der Waals surface area (Å²) < 4.78 is 0. The second-order valence-corrected chi connectivity index (χ2v) is 4.65. The van der Waals surface area contributed by atoms with E-state index in [4.69, 9.17) is 10.2 Å². The predicted octanol–water partition coefficient (Wildman–Crippen LogP) is -3.85. The number of carboxylic acid groups (broad SMARTS) is 4. The van der Waals surface area contributed by atoms with Crippen LogP contribution < -0.4 is 10.2 Å². The number of aromatic nitrogens is 4. The van der Waals surface area contributed by atoms with Gasteiger partial charge in [-0.1, -0.05) is 0 Å². The van der Waals surface area contributed by atoms with Gasteiger partial charge in [0.1, 0.15) is 0 Å². The summed E-state index contributed by atoms with van der Waals surface area (Å²) in [5.41, 5.74) is -3.63. The van der Waals surface area contributed by atoms with Crippen LogP contribution in [0.2, 0.25) is 0 Å². The van der Waals surface area contributed by atoms with E-state index in [9.17, 15) is 29.4 Å². The molecule has 0 bridgehead atoms. The number of imidazole rings is 2. The Morgan fingerprint density at radius 1 is 0.667 bits per heavy atom. The van der Waals surface area contributed by atoms with Crippen LogP contribution in [0.1, 0.15) is 41.4 Å². The summed E-state index contributed by atoms with van der Waals surface area (Å²) in [5, 5.41) is 38.7. The van der Waals surface area contributed by atoms with Crippen LogP contribution in [0.15, 0.2) is 49.6 Å². The number of hydrogen-bond donors (Lipinski definition) is 4. The van der Waals surface area contributed by atoms with E-state index in [1.165, 1.54) is 0 Å². The molecule has 192 valence electrons. The Hall–Kier alpha value is -3.56. The molecule has 0 aliphatic heterocycles. The van der Waals surface area contributed by atoms with Crippen molar-refractivity contribution in [3.8, 4) is 0 Å². The molecule has 3 aromatic rings. The van der Waals surface area contributed by atoms with Crippen LogP contribution in [0.5, 0.6) is 0 Å². The van der Waals surface area contributed by atoms with E-state index in [1.807, 2.05) is 0 Å². The van der Waals surface area contributed by atoms with E-state index in [0.29, 0.717) is 12.1 Å². The molecule has 0 saturated heterocycles. The Balaban J connectivity index is -0.000000145. The molecule has 17 heteroatoms. The molecule has 3 rings (SSSR count). The first-order chi connectivity index (χ1) is 13.3. The summed E-state index contributed by atoms with van der Waals surface area (Å²) in [4.78, 5) is 55.6.